The molecule has 0 spiro atoms. The summed E-state index contributed by atoms with van der Waals surface area (Å²) < 4.78 is 16.7. The molecule has 0 heterocycles. The summed E-state index contributed by atoms with van der Waals surface area (Å²) in [4.78, 5) is 37.7. The van der Waals surface area contributed by atoms with Crippen molar-refractivity contribution >= 4 is 17.9 Å². The second kappa shape index (κ2) is 42.6. The Morgan fingerprint density at radius 2 is 0.648 bits per heavy atom. The molecule has 0 radical (unpaired) electrons. The van der Waals surface area contributed by atoms with Gasteiger partial charge < -0.3 is 14.2 Å². The van der Waals surface area contributed by atoms with Crippen LogP contribution in [0.3, 0.4) is 0 Å². The quantitative estimate of drug-likeness (QED) is 0.0349. The predicted octanol–water partition coefficient (Wildman–Crippen LogP) is 15.1. The van der Waals surface area contributed by atoms with Crippen molar-refractivity contribution in [3.63, 3.8) is 0 Å². The van der Waals surface area contributed by atoms with Crippen LogP contribution in [-0.2, 0) is 28.6 Å². The Balaban J connectivity index is 4.24. The average molecular weight is 765 g/mol. The van der Waals surface area contributed by atoms with E-state index >= 15 is 0 Å². The van der Waals surface area contributed by atoms with Crippen LogP contribution in [0, 0.1) is 5.92 Å². The van der Waals surface area contributed by atoms with Crippen LogP contribution in [0.2, 0.25) is 0 Å². The molecule has 2 atom stereocenters. The first kappa shape index (κ1) is 52.4. The molecule has 0 aliphatic carbocycles. The Kier molecular flexibility index (Phi) is 41.3. The van der Waals surface area contributed by atoms with Crippen LogP contribution in [0.5, 0.6) is 0 Å². The normalized spacial score (nSPS) is 12.4. The molecular weight excluding hydrogens is 673 g/mol. The standard InChI is InChI=1S/C48H92O6/c1-5-8-10-12-14-16-17-18-19-20-21-22-23-25-27-32-36-40-47(50)53-43-45(42-52-46(49)39-35-31-26-24-15-13-11-9-6-2)54-48(51)41-37-33-29-28-30-34-38-44(4)7-3/h44-45H,5-43H2,1-4H3/t44?,45-/m1/s1. The van der Waals surface area contributed by atoms with Crippen molar-refractivity contribution in [2.75, 3.05) is 13.2 Å². The molecule has 54 heavy (non-hydrogen) atoms. The van der Waals surface area contributed by atoms with E-state index in [-0.39, 0.29) is 31.1 Å². The van der Waals surface area contributed by atoms with Crippen molar-refractivity contribution in [1.29, 1.82) is 0 Å². The van der Waals surface area contributed by atoms with Crippen molar-refractivity contribution < 1.29 is 28.6 Å². The number of rotatable bonds is 43. The molecule has 0 bridgehead atoms. The highest BCUT2D eigenvalue weighted by molar-refractivity contribution is 5.71. The zero-order chi connectivity index (χ0) is 39.6. The van der Waals surface area contributed by atoms with Gasteiger partial charge in [0, 0.05) is 19.3 Å². The minimum absolute atomic E-state index is 0.0645. The molecule has 6 heteroatoms. The summed E-state index contributed by atoms with van der Waals surface area (Å²) in [6, 6.07) is 0. The molecule has 0 aliphatic heterocycles. The summed E-state index contributed by atoms with van der Waals surface area (Å²) in [7, 11) is 0. The van der Waals surface area contributed by atoms with E-state index < -0.39 is 6.10 Å². The topological polar surface area (TPSA) is 78.9 Å². The molecule has 0 aromatic carbocycles. The molecule has 0 aromatic rings. The highest BCUT2D eigenvalue weighted by atomic mass is 16.6. The smallest absolute Gasteiger partial charge is 0.306 e. The molecule has 0 aromatic heterocycles. The Bertz CT molecular complexity index is 813. The number of esters is 3. The fraction of sp³-hybridized carbons (Fsp3) is 0.938. The van der Waals surface area contributed by atoms with Gasteiger partial charge in [-0.2, -0.15) is 0 Å². The van der Waals surface area contributed by atoms with Gasteiger partial charge in [0.25, 0.3) is 0 Å². The second-order valence-corrected chi connectivity index (χ2v) is 16.6. The molecule has 0 saturated heterocycles. The van der Waals surface area contributed by atoms with Crippen LogP contribution in [0.25, 0.3) is 0 Å². The molecule has 0 amide bonds. The molecule has 0 saturated carbocycles. The number of carbonyl (C=O) groups is 3. The lowest BCUT2D eigenvalue weighted by molar-refractivity contribution is -0.167. The van der Waals surface area contributed by atoms with Gasteiger partial charge in [0.1, 0.15) is 13.2 Å². The zero-order valence-electron chi connectivity index (χ0n) is 36.7. The fourth-order valence-corrected chi connectivity index (χ4v) is 7.12. The van der Waals surface area contributed by atoms with Gasteiger partial charge in [-0.15, -0.1) is 0 Å². The van der Waals surface area contributed by atoms with Crippen molar-refractivity contribution in [3.05, 3.63) is 0 Å². The summed E-state index contributed by atoms with van der Waals surface area (Å²) in [5, 5.41) is 0. The van der Waals surface area contributed by atoms with Gasteiger partial charge >= 0.3 is 17.9 Å². The molecule has 0 aliphatic rings. The highest BCUT2D eigenvalue weighted by Crippen LogP contribution is 2.17. The Labute approximate surface area is 336 Å². The van der Waals surface area contributed by atoms with E-state index in [4.69, 9.17) is 14.2 Å². The van der Waals surface area contributed by atoms with Crippen LogP contribution >= 0.6 is 0 Å². The van der Waals surface area contributed by atoms with Crippen LogP contribution < -0.4 is 0 Å². The summed E-state index contributed by atoms with van der Waals surface area (Å²) in [6.45, 7) is 8.96. The molecule has 0 rings (SSSR count). The predicted molar refractivity (Wildman–Crippen MR) is 229 cm³/mol. The van der Waals surface area contributed by atoms with Crippen LogP contribution in [0.4, 0.5) is 0 Å². The lowest BCUT2D eigenvalue weighted by Gasteiger charge is -2.18. The first-order chi connectivity index (χ1) is 26.4. The fourth-order valence-electron chi connectivity index (χ4n) is 7.12. The molecule has 6 nitrogen and oxygen atoms in total. The number of unbranched alkanes of at least 4 members (excludes halogenated alkanes) is 29. The maximum absolute atomic E-state index is 12.7. The summed E-state index contributed by atoms with van der Waals surface area (Å²) in [5.41, 5.74) is 0. The Morgan fingerprint density at radius 3 is 0.963 bits per heavy atom. The molecule has 0 N–H and O–H groups in total. The third kappa shape index (κ3) is 40.1. The van der Waals surface area contributed by atoms with E-state index in [1.165, 1.54) is 161 Å². The van der Waals surface area contributed by atoms with Gasteiger partial charge in [0.05, 0.1) is 0 Å². The number of hydrogen-bond acceptors (Lipinski definition) is 6. The summed E-state index contributed by atoms with van der Waals surface area (Å²) >= 11 is 0. The Morgan fingerprint density at radius 1 is 0.370 bits per heavy atom. The van der Waals surface area contributed by atoms with E-state index in [2.05, 4.69) is 27.7 Å². The maximum atomic E-state index is 12.7. The van der Waals surface area contributed by atoms with Crippen molar-refractivity contribution in [2.45, 2.75) is 271 Å². The van der Waals surface area contributed by atoms with Crippen molar-refractivity contribution in [2.24, 2.45) is 5.92 Å². The molecule has 320 valence electrons. The zero-order valence-corrected chi connectivity index (χ0v) is 36.7. The summed E-state index contributed by atoms with van der Waals surface area (Å²) in [5.74, 6) is -0.0469. The van der Waals surface area contributed by atoms with Gasteiger partial charge in [-0.1, -0.05) is 227 Å². The van der Waals surface area contributed by atoms with Gasteiger partial charge in [0.15, 0.2) is 6.10 Å². The van der Waals surface area contributed by atoms with E-state index in [0.29, 0.717) is 19.3 Å². The molecule has 1 unspecified atom stereocenters. The van der Waals surface area contributed by atoms with E-state index in [1.807, 2.05) is 0 Å². The van der Waals surface area contributed by atoms with Crippen LogP contribution in [-0.4, -0.2) is 37.2 Å². The van der Waals surface area contributed by atoms with Gasteiger partial charge in [0.2, 0.25) is 0 Å². The highest BCUT2D eigenvalue weighted by Gasteiger charge is 2.19. The largest absolute Gasteiger partial charge is 0.462 e. The minimum Gasteiger partial charge on any atom is -0.462 e. The SMILES string of the molecule is CCCCCCCCCCCCCCCCCCCC(=O)OC[C@@H](COC(=O)CCCCCCCCCCC)OC(=O)CCCCCCCCC(C)CC. The first-order valence-corrected chi connectivity index (χ1v) is 23.9. The number of carbonyl (C=O) groups excluding carboxylic acids is 3. The van der Waals surface area contributed by atoms with Gasteiger partial charge in [-0.3, -0.25) is 14.4 Å². The number of ether oxygens (including phenoxy) is 3. The van der Waals surface area contributed by atoms with E-state index in [9.17, 15) is 14.4 Å². The Hall–Kier alpha value is -1.59. The molecular formula is C48H92O6. The van der Waals surface area contributed by atoms with Crippen LogP contribution in [0.1, 0.15) is 265 Å². The third-order valence-corrected chi connectivity index (χ3v) is 11.2. The van der Waals surface area contributed by atoms with E-state index in [1.54, 1.807) is 0 Å². The van der Waals surface area contributed by atoms with Crippen molar-refractivity contribution in [1.82, 2.24) is 0 Å². The second-order valence-electron chi connectivity index (χ2n) is 16.6. The van der Waals surface area contributed by atoms with E-state index in [0.717, 1.165) is 63.7 Å². The van der Waals surface area contributed by atoms with Gasteiger partial charge in [-0.05, 0) is 25.2 Å². The van der Waals surface area contributed by atoms with Gasteiger partial charge in [-0.25, -0.2) is 0 Å². The molecule has 0 fully saturated rings. The first-order valence-electron chi connectivity index (χ1n) is 23.9. The monoisotopic (exact) mass is 765 g/mol. The lowest BCUT2D eigenvalue weighted by atomic mass is 10.00. The van der Waals surface area contributed by atoms with Crippen molar-refractivity contribution in [3.8, 4) is 0 Å². The minimum atomic E-state index is -0.760. The third-order valence-electron chi connectivity index (χ3n) is 11.2. The summed E-state index contributed by atoms with van der Waals surface area (Å²) in [6.07, 6.45) is 42.4. The average Bonchev–Trinajstić information content (AvgIpc) is 3.17. The lowest BCUT2D eigenvalue weighted by Crippen LogP contribution is -2.30. The maximum Gasteiger partial charge on any atom is 0.306 e. The number of hydrogen-bond donors (Lipinski definition) is 0. The van der Waals surface area contributed by atoms with Crippen LogP contribution in [0.15, 0.2) is 0 Å².